The minimum atomic E-state index is 0. The number of benzene rings is 1. The summed E-state index contributed by atoms with van der Waals surface area (Å²) in [6.07, 6.45) is 0. The van der Waals surface area contributed by atoms with Gasteiger partial charge in [-0.05, 0) is 17.2 Å². The predicted octanol–water partition coefficient (Wildman–Crippen LogP) is 3.65. The Morgan fingerprint density at radius 2 is 1.79 bits per heavy atom. The first-order valence-electron chi connectivity index (χ1n) is 4.10. The molecule has 0 unspecified atom stereocenters. The lowest BCUT2D eigenvalue weighted by Crippen LogP contribution is -2.11. The first-order valence-corrected chi connectivity index (χ1v) is 5.17. The second-order valence-electron chi connectivity index (χ2n) is 3.12. The third kappa shape index (κ3) is 3.23. The first-order chi connectivity index (χ1) is 6.19. The summed E-state index contributed by atoms with van der Waals surface area (Å²) in [4.78, 5) is 2.05. The van der Waals surface area contributed by atoms with E-state index in [4.69, 9.17) is 23.2 Å². The van der Waals surface area contributed by atoms with Crippen LogP contribution in [0.4, 0.5) is 5.69 Å². The van der Waals surface area contributed by atoms with Crippen LogP contribution < -0.4 is 4.90 Å². The lowest BCUT2D eigenvalue weighted by molar-refractivity contribution is 1.10. The average Bonchev–Trinajstić information content (AvgIpc) is 2.16. The lowest BCUT2D eigenvalue weighted by atomic mass is 10.1. The SMILES string of the molecule is CN(C)c1cc(CCl)ccc1CCl.Cl. The Morgan fingerprint density at radius 1 is 1.14 bits per heavy atom. The number of anilines is 1. The van der Waals surface area contributed by atoms with E-state index in [-0.39, 0.29) is 12.4 Å². The van der Waals surface area contributed by atoms with Gasteiger partial charge in [0.1, 0.15) is 0 Å². The molecule has 0 saturated carbocycles. The molecule has 0 aliphatic heterocycles. The molecule has 1 rings (SSSR count). The van der Waals surface area contributed by atoms with Gasteiger partial charge in [-0.1, -0.05) is 12.1 Å². The van der Waals surface area contributed by atoms with Gasteiger partial charge < -0.3 is 4.90 Å². The number of alkyl halides is 2. The van der Waals surface area contributed by atoms with Crippen molar-refractivity contribution >= 4 is 41.3 Å². The van der Waals surface area contributed by atoms with Gasteiger partial charge in [-0.25, -0.2) is 0 Å². The van der Waals surface area contributed by atoms with Crippen LogP contribution in [-0.2, 0) is 11.8 Å². The maximum absolute atomic E-state index is 5.81. The number of rotatable bonds is 3. The fraction of sp³-hybridized carbons (Fsp3) is 0.400. The van der Waals surface area contributed by atoms with Crippen molar-refractivity contribution in [2.75, 3.05) is 19.0 Å². The molecule has 0 spiro atoms. The quantitative estimate of drug-likeness (QED) is 0.744. The highest BCUT2D eigenvalue weighted by Gasteiger charge is 2.04. The van der Waals surface area contributed by atoms with Gasteiger partial charge in [0.15, 0.2) is 0 Å². The van der Waals surface area contributed by atoms with Gasteiger partial charge in [0, 0.05) is 31.5 Å². The van der Waals surface area contributed by atoms with Gasteiger partial charge in [0.25, 0.3) is 0 Å². The van der Waals surface area contributed by atoms with E-state index in [9.17, 15) is 0 Å². The first kappa shape index (κ1) is 13.9. The Morgan fingerprint density at radius 3 is 2.21 bits per heavy atom. The summed E-state index contributed by atoms with van der Waals surface area (Å²) in [7, 11) is 4.01. The van der Waals surface area contributed by atoms with Crippen molar-refractivity contribution < 1.29 is 0 Å². The second-order valence-corrected chi connectivity index (χ2v) is 3.66. The molecule has 0 aliphatic carbocycles. The summed E-state index contributed by atoms with van der Waals surface area (Å²) < 4.78 is 0. The Balaban J connectivity index is 0.00000169. The molecular weight excluding hydrogens is 240 g/mol. The van der Waals surface area contributed by atoms with Crippen LogP contribution in [0.5, 0.6) is 0 Å². The van der Waals surface area contributed by atoms with Crippen LogP contribution in [0.15, 0.2) is 18.2 Å². The van der Waals surface area contributed by atoms with E-state index in [0.29, 0.717) is 11.8 Å². The predicted molar refractivity (Wildman–Crippen MR) is 67.1 cm³/mol. The van der Waals surface area contributed by atoms with Crippen LogP contribution in [0, 0.1) is 0 Å². The molecule has 0 aromatic heterocycles. The van der Waals surface area contributed by atoms with Crippen LogP contribution >= 0.6 is 35.6 Å². The van der Waals surface area contributed by atoms with Gasteiger partial charge in [-0.2, -0.15) is 0 Å². The summed E-state index contributed by atoms with van der Waals surface area (Å²) >= 11 is 11.6. The molecule has 0 aliphatic rings. The standard InChI is InChI=1S/C10H13Cl2N.ClH/c1-13(2)10-5-8(6-11)3-4-9(10)7-12;/h3-5H,6-7H2,1-2H3;1H. The molecule has 14 heavy (non-hydrogen) atoms. The number of hydrogen-bond acceptors (Lipinski definition) is 1. The van der Waals surface area contributed by atoms with Crippen molar-refractivity contribution in [1.82, 2.24) is 0 Å². The van der Waals surface area contributed by atoms with E-state index in [2.05, 4.69) is 6.07 Å². The molecule has 0 radical (unpaired) electrons. The smallest absolute Gasteiger partial charge is 0.0494 e. The van der Waals surface area contributed by atoms with Crippen molar-refractivity contribution in [3.63, 3.8) is 0 Å². The highest BCUT2D eigenvalue weighted by atomic mass is 35.5. The van der Waals surface area contributed by atoms with Gasteiger partial charge in [0.05, 0.1) is 0 Å². The molecule has 4 heteroatoms. The van der Waals surface area contributed by atoms with Crippen molar-refractivity contribution in [2.24, 2.45) is 0 Å². The van der Waals surface area contributed by atoms with Crippen LogP contribution in [0.1, 0.15) is 11.1 Å². The molecule has 0 heterocycles. The maximum Gasteiger partial charge on any atom is 0.0494 e. The molecule has 80 valence electrons. The fourth-order valence-corrected chi connectivity index (χ4v) is 1.61. The Kier molecular flexibility index (Phi) is 6.34. The van der Waals surface area contributed by atoms with Crippen LogP contribution in [0.25, 0.3) is 0 Å². The second kappa shape index (κ2) is 6.39. The third-order valence-corrected chi connectivity index (χ3v) is 2.53. The average molecular weight is 255 g/mol. The van der Waals surface area contributed by atoms with E-state index < -0.39 is 0 Å². The minimum Gasteiger partial charge on any atom is -0.377 e. The van der Waals surface area contributed by atoms with Crippen molar-refractivity contribution in [3.8, 4) is 0 Å². The molecule has 0 amide bonds. The van der Waals surface area contributed by atoms with Gasteiger partial charge in [-0.15, -0.1) is 35.6 Å². The van der Waals surface area contributed by atoms with Gasteiger partial charge >= 0.3 is 0 Å². The molecule has 0 bridgehead atoms. The lowest BCUT2D eigenvalue weighted by Gasteiger charge is -2.17. The van der Waals surface area contributed by atoms with Gasteiger partial charge in [-0.3, -0.25) is 0 Å². The Labute approximate surface area is 101 Å². The van der Waals surface area contributed by atoms with Crippen molar-refractivity contribution in [3.05, 3.63) is 29.3 Å². The molecule has 1 aromatic carbocycles. The molecule has 0 fully saturated rings. The number of nitrogens with zero attached hydrogens (tertiary/aromatic N) is 1. The molecule has 1 aromatic rings. The number of hydrogen-bond donors (Lipinski definition) is 0. The summed E-state index contributed by atoms with van der Waals surface area (Å²) in [6, 6.07) is 6.11. The third-order valence-electron chi connectivity index (χ3n) is 1.93. The fourth-order valence-electron chi connectivity index (χ4n) is 1.22. The monoisotopic (exact) mass is 253 g/mol. The zero-order chi connectivity index (χ0) is 9.84. The van der Waals surface area contributed by atoms with Gasteiger partial charge in [0.2, 0.25) is 0 Å². The molecule has 1 nitrogen and oxygen atoms in total. The molecule has 0 atom stereocenters. The van der Waals surface area contributed by atoms with Crippen molar-refractivity contribution in [2.45, 2.75) is 11.8 Å². The Bertz CT molecular complexity index is 287. The molecule has 0 N–H and O–H groups in total. The van der Waals surface area contributed by atoms with Crippen molar-refractivity contribution in [1.29, 1.82) is 0 Å². The highest BCUT2D eigenvalue weighted by Crippen LogP contribution is 2.22. The summed E-state index contributed by atoms with van der Waals surface area (Å²) in [5.41, 5.74) is 3.41. The van der Waals surface area contributed by atoms with E-state index in [1.807, 2.05) is 31.1 Å². The molecule has 0 saturated heterocycles. The highest BCUT2D eigenvalue weighted by molar-refractivity contribution is 6.18. The van der Waals surface area contributed by atoms with E-state index in [1.54, 1.807) is 0 Å². The molecular formula is C10H14Cl3N. The Hall–Kier alpha value is -0.110. The van der Waals surface area contributed by atoms with E-state index in [1.165, 1.54) is 0 Å². The maximum atomic E-state index is 5.81. The van der Waals surface area contributed by atoms with Crippen LogP contribution in [-0.4, -0.2) is 14.1 Å². The van der Waals surface area contributed by atoms with Crippen LogP contribution in [0.2, 0.25) is 0 Å². The van der Waals surface area contributed by atoms with E-state index >= 15 is 0 Å². The van der Waals surface area contributed by atoms with Crippen LogP contribution in [0.3, 0.4) is 0 Å². The zero-order valence-electron chi connectivity index (χ0n) is 8.26. The minimum absolute atomic E-state index is 0. The summed E-state index contributed by atoms with van der Waals surface area (Å²) in [5, 5.41) is 0. The summed E-state index contributed by atoms with van der Waals surface area (Å²) in [6.45, 7) is 0. The topological polar surface area (TPSA) is 3.24 Å². The van der Waals surface area contributed by atoms with E-state index in [0.717, 1.165) is 16.8 Å². The zero-order valence-corrected chi connectivity index (χ0v) is 10.6. The summed E-state index contributed by atoms with van der Waals surface area (Å²) in [5.74, 6) is 1.08. The largest absolute Gasteiger partial charge is 0.377 e. The normalized spacial score (nSPS) is 9.43. The number of halogens is 3.